The first-order valence-electron chi connectivity index (χ1n) is 6.53. The maximum Gasteiger partial charge on any atom is 0.347 e. The number of nitrogens with zero attached hydrogens (tertiary/aromatic N) is 1. The number of hydrogen-bond donors (Lipinski definition) is 1. The number of rotatable bonds is 2. The number of aromatic hydroxyl groups is 1. The van der Waals surface area contributed by atoms with Crippen LogP contribution in [0.3, 0.4) is 0 Å². The Morgan fingerprint density at radius 2 is 2.05 bits per heavy atom. The average molecular weight is 293 g/mol. The normalized spacial score (nSPS) is 10.4. The number of carbonyl (C=O) groups excluding carboxylic acids is 1. The maximum absolute atomic E-state index is 12.2. The SMILES string of the molecule is Cc1cc2c(OC(=O)c3ccccc3O)cc(C#N)cc2o1. The highest BCUT2D eigenvalue weighted by molar-refractivity contribution is 5.96. The molecule has 0 saturated carbocycles. The van der Waals surface area contributed by atoms with Crippen LogP contribution in [0.15, 0.2) is 46.9 Å². The van der Waals surface area contributed by atoms with E-state index in [2.05, 4.69) is 0 Å². The van der Waals surface area contributed by atoms with Crippen LogP contribution in [0.5, 0.6) is 11.5 Å². The molecule has 1 aromatic heterocycles. The van der Waals surface area contributed by atoms with Crippen LogP contribution in [0.4, 0.5) is 0 Å². The van der Waals surface area contributed by atoms with Crippen LogP contribution in [0.1, 0.15) is 21.7 Å². The van der Waals surface area contributed by atoms with E-state index in [4.69, 9.17) is 14.4 Å². The Kier molecular flexibility index (Phi) is 3.28. The predicted octanol–water partition coefficient (Wildman–Crippen LogP) is 3.54. The third-order valence-electron chi connectivity index (χ3n) is 3.18. The topological polar surface area (TPSA) is 83.5 Å². The van der Waals surface area contributed by atoms with Crippen molar-refractivity contribution in [1.29, 1.82) is 5.26 Å². The van der Waals surface area contributed by atoms with Gasteiger partial charge in [-0.1, -0.05) is 12.1 Å². The lowest BCUT2D eigenvalue weighted by Gasteiger charge is -2.07. The van der Waals surface area contributed by atoms with Gasteiger partial charge in [-0.05, 0) is 37.3 Å². The lowest BCUT2D eigenvalue weighted by Crippen LogP contribution is -2.09. The second-order valence-corrected chi connectivity index (χ2v) is 4.76. The first kappa shape index (κ1) is 13.7. The molecule has 5 heteroatoms. The number of nitriles is 1. The minimum atomic E-state index is -0.701. The second-order valence-electron chi connectivity index (χ2n) is 4.76. The summed E-state index contributed by atoms with van der Waals surface area (Å²) in [5.41, 5.74) is 0.844. The summed E-state index contributed by atoms with van der Waals surface area (Å²) >= 11 is 0. The Hall–Kier alpha value is -3.26. The van der Waals surface area contributed by atoms with Crippen LogP contribution >= 0.6 is 0 Å². The molecule has 2 aromatic carbocycles. The number of hydrogen-bond acceptors (Lipinski definition) is 5. The highest BCUT2D eigenvalue weighted by Crippen LogP contribution is 2.31. The molecule has 1 N–H and O–H groups in total. The molecular formula is C17H11NO4. The Bertz CT molecular complexity index is 918. The lowest BCUT2D eigenvalue weighted by atomic mass is 10.1. The quantitative estimate of drug-likeness (QED) is 0.577. The van der Waals surface area contributed by atoms with Gasteiger partial charge >= 0.3 is 5.97 Å². The van der Waals surface area contributed by atoms with E-state index < -0.39 is 5.97 Å². The predicted molar refractivity (Wildman–Crippen MR) is 78.7 cm³/mol. The number of fused-ring (bicyclic) bond motifs is 1. The smallest absolute Gasteiger partial charge is 0.347 e. The molecule has 0 spiro atoms. The van der Waals surface area contributed by atoms with E-state index in [1.54, 1.807) is 31.2 Å². The molecule has 5 nitrogen and oxygen atoms in total. The van der Waals surface area contributed by atoms with Crippen molar-refractivity contribution in [1.82, 2.24) is 0 Å². The summed E-state index contributed by atoms with van der Waals surface area (Å²) in [5, 5.41) is 19.4. The molecule has 0 aliphatic carbocycles. The summed E-state index contributed by atoms with van der Waals surface area (Å²) in [5.74, 6) is 0.000925. The molecule has 1 heterocycles. The van der Waals surface area contributed by atoms with Gasteiger partial charge in [0.25, 0.3) is 0 Å². The zero-order chi connectivity index (χ0) is 15.7. The second kappa shape index (κ2) is 5.26. The van der Waals surface area contributed by atoms with E-state index in [1.165, 1.54) is 18.2 Å². The zero-order valence-corrected chi connectivity index (χ0v) is 11.7. The van der Waals surface area contributed by atoms with Gasteiger partial charge in [0.05, 0.1) is 17.0 Å². The fraction of sp³-hybridized carbons (Fsp3) is 0.0588. The Morgan fingerprint density at radius 1 is 1.27 bits per heavy atom. The number of ether oxygens (including phenoxy) is 1. The lowest BCUT2D eigenvalue weighted by molar-refractivity contribution is 0.0734. The number of phenolic OH excluding ortho intramolecular Hbond substituents is 1. The van der Waals surface area contributed by atoms with Crippen molar-refractivity contribution in [3.05, 3.63) is 59.4 Å². The molecule has 0 radical (unpaired) electrons. The van der Waals surface area contributed by atoms with Crippen molar-refractivity contribution in [2.75, 3.05) is 0 Å². The molecule has 22 heavy (non-hydrogen) atoms. The average Bonchev–Trinajstić information content (AvgIpc) is 2.88. The summed E-state index contributed by atoms with van der Waals surface area (Å²) < 4.78 is 10.8. The van der Waals surface area contributed by atoms with E-state index in [1.807, 2.05) is 6.07 Å². The van der Waals surface area contributed by atoms with E-state index in [9.17, 15) is 9.90 Å². The molecule has 0 amide bonds. The Labute approximate surface area is 126 Å². The Balaban J connectivity index is 2.05. The fourth-order valence-corrected chi connectivity index (χ4v) is 2.18. The number of furan rings is 1. The summed E-state index contributed by atoms with van der Waals surface area (Å²) in [6, 6.07) is 12.9. The van der Waals surface area contributed by atoms with Crippen molar-refractivity contribution in [3.63, 3.8) is 0 Å². The van der Waals surface area contributed by atoms with Crippen LogP contribution in [0, 0.1) is 18.3 Å². The molecule has 0 unspecified atom stereocenters. The highest BCUT2D eigenvalue weighted by atomic mass is 16.5. The Morgan fingerprint density at radius 3 is 2.77 bits per heavy atom. The third kappa shape index (κ3) is 2.38. The van der Waals surface area contributed by atoms with Crippen LogP contribution < -0.4 is 4.74 Å². The summed E-state index contributed by atoms with van der Waals surface area (Å²) in [6.07, 6.45) is 0. The molecule has 0 saturated heterocycles. The van der Waals surface area contributed by atoms with Gasteiger partial charge in [-0.25, -0.2) is 4.79 Å². The molecule has 0 aliphatic heterocycles. The van der Waals surface area contributed by atoms with Crippen molar-refractivity contribution in [2.45, 2.75) is 6.92 Å². The molecule has 3 rings (SSSR count). The van der Waals surface area contributed by atoms with E-state index >= 15 is 0 Å². The van der Waals surface area contributed by atoms with Crippen LogP contribution in [-0.4, -0.2) is 11.1 Å². The summed E-state index contributed by atoms with van der Waals surface area (Å²) in [6.45, 7) is 1.76. The number of esters is 1. The van der Waals surface area contributed by atoms with Crippen LogP contribution in [0.2, 0.25) is 0 Å². The molecule has 3 aromatic rings. The molecular weight excluding hydrogens is 282 g/mol. The van der Waals surface area contributed by atoms with E-state index in [-0.39, 0.29) is 17.1 Å². The number of carbonyl (C=O) groups is 1. The standard InChI is InChI=1S/C17H11NO4/c1-10-6-13-15(21-10)7-11(9-18)8-16(13)22-17(20)12-4-2-3-5-14(12)19/h2-8,19H,1H3. The number of phenols is 1. The van der Waals surface area contributed by atoms with Crippen LogP contribution in [-0.2, 0) is 0 Å². The minimum Gasteiger partial charge on any atom is -0.507 e. The first-order valence-corrected chi connectivity index (χ1v) is 6.53. The van der Waals surface area contributed by atoms with Crippen LogP contribution in [0.25, 0.3) is 11.0 Å². The van der Waals surface area contributed by atoms with E-state index in [0.717, 1.165) is 0 Å². The molecule has 108 valence electrons. The minimum absolute atomic E-state index is 0.0539. The van der Waals surface area contributed by atoms with Crippen molar-refractivity contribution >= 4 is 16.9 Å². The van der Waals surface area contributed by atoms with Gasteiger partial charge in [0.2, 0.25) is 0 Å². The maximum atomic E-state index is 12.2. The first-order chi connectivity index (χ1) is 10.6. The third-order valence-corrected chi connectivity index (χ3v) is 3.18. The number of aryl methyl sites for hydroxylation is 1. The van der Waals surface area contributed by atoms with Gasteiger partial charge in [0, 0.05) is 0 Å². The van der Waals surface area contributed by atoms with Crippen molar-refractivity contribution < 1.29 is 19.1 Å². The molecule has 0 fully saturated rings. The van der Waals surface area contributed by atoms with Gasteiger partial charge in [-0.2, -0.15) is 5.26 Å². The van der Waals surface area contributed by atoms with E-state index in [0.29, 0.717) is 22.3 Å². The van der Waals surface area contributed by atoms with Gasteiger partial charge in [-0.3, -0.25) is 0 Å². The van der Waals surface area contributed by atoms with Crippen molar-refractivity contribution in [3.8, 4) is 17.6 Å². The highest BCUT2D eigenvalue weighted by Gasteiger charge is 2.17. The summed E-state index contributed by atoms with van der Waals surface area (Å²) in [4.78, 5) is 12.2. The van der Waals surface area contributed by atoms with Gasteiger partial charge < -0.3 is 14.3 Å². The van der Waals surface area contributed by atoms with Gasteiger partial charge in [0.15, 0.2) is 0 Å². The molecule has 0 atom stereocenters. The zero-order valence-electron chi connectivity index (χ0n) is 11.7. The van der Waals surface area contributed by atoms with Crippen molar-refractivity contribution in [2.24, 2.45) is 0 Å². The van der Waals surface area contributed by atoms with Gasteiger partial charge in [-0.15, -0.1) is 0 Å². The largest absolute Gasteiger partial charge is 0.507 e. The number of para-hydroxylation sites is 1. The molecule has 0 aliphatic rings. The fourth-order valence-electron chi connectivity index (χ4n) is 2.18. The molecule has 0 bridgehead atoms. The monoisotopic (exact) mass is 293 g/mol. The summed E-state index contributed by atoms with van der Waals surface area (Å²) in [7, 11) is 0. The number of benzene rings is 2. The van der Waals surface area contributed by atoms with Gasteiger partial charge in [0.1, 0.15) is 28.4 Å².